The number of hydrogen-bond donors (Lipinski definition) is 0. The first kappa shape index (κ1) is 15.2. The predicted octanol–water partition coefficient (Wildman–Crippen LogP) is 1.91. The highest BCUT2D eigenvalue weighted by Crippen LogP contribution is 2.26. The molecule has 0 aromatic rings. The van der Waals surface area contributed by atoms with Gasteiger partial charge in [0.05, 0.1) is 0 Å². The van der Waals surface area contributed by atoms with Gasteiger partial charge in [-0.15, -0.1) is 11.6 Å². The van der Waals surface area contributed by atoms with Gasteiger partial charge in [-0.3, -0.25) is 0 Å². The largest absolute Gasteiger partial charge is 0.281 e. The average molecular weight is 283 g/mol. The van der Waals surface area contributed by atoms with Crippen molar-refractivity contribution in [3.8, 4) is 0 Å². The van der Waals surface area contributed by atoms with Crippen molar-refractivity contribution in [2.75, 3.05) is 26.2 Å². The summed E-state index contributed by atoms with van der Waals surface area (Å²) in [5, 5.41) is 0.133. The Hall–Kier alpha value is 0.160. The molecule has 17 heavy (non-hydrogen) atoms. The number of alkyl halides is 1. The maximum Gasteiger partial charge on any atom is 0.281 e. The lowest BCUT2D eigenvalue weighted by molar-refractivity contribution is 0.254. The number of rotatable bonds is 5. The van der Waals surface area contributed by atoms with Crippen molar-refractivity contribution in [2.24, 2.45) is 5.92 Å². The van der Waals surface area contributed by atoms with Gasteiger partial charge in [0.2, 0.25) is 0 Å². The van der Waals surface area contributed by atoms with Crippen LogP contribution in [-0.2, 0) is 10.2 Å². The summed E-state index contributed by atoms with van der Waals surface area (Å²) in [5.74, 6) is 0.444. The van der Waals surface area contributed by atoms with E-state index in [0.29, 0.717) is 32.1 Å². The Balaban J connectivity index is 2.64. The standard InChI is InChI=1S/C11H23ClN2O2S/c1-4-13(5-2)17(15,16)14-8-6-11(7-9-14)10(3)12/h10-11H,4-9H2,1-3H3. The molecule has 0 aliphatic carbocycles. The minimum atomic E-state index is -3.25. The molecule has 0 aromatic carbocycles. The first-order valence-corrected chi connectivity index (χ1v) is 8.16. The molecule has 6 heteroatoms. The van der Waals surface area contributed by atoms with Crippen LogP contribution in [0.3, 0.4) is 0 Å². The van der Waals surface area contributed by atoms with Crippen LogP contribution in [0.2, 0.25) is 0 Å². The molecule has 1 saturated heterocycles. The molecule has 1 fully saturated rings. The van der Waals surface area contributed by atoms with Crippen molar-refractivity contribution < 1.29 is 8.42 Å². The van der Waals surface area contributed by atoms with Crippen LogP contribution in [0.5, 0.6) is 0 Å². The maximum atomic E-state index is 12.2. The van der Waals surface area contributed by atoms with Crippen molar-refractivity contribution in [2.45, 2.75) is 39.0 Å². The van der Waals surface area contributed by atoms with E-state index in [2.05, 4.69) is 0 Å². The van der Waals surface area contributed by atoms with E-state index in [-0.39, 0.29) is 5.38 Å². The van der Waals surface area contributed by atoms with Gasteiger partial charge in [-0.2, -0.15) is 17.0 Å². The van der Waals surface area contributed by atoms with Gasteiger partial charge in [-0.1, -0.05) is 13.8 Å². The van der Waals surface area contributed by atoms with Crippen LogP contribution in [0, 0.1) is 5.92 Å². The van der Waals surface area contributed by atoms with Crippen molar-refractivity contribution in [1.82, 2.24) is 8.61 Å². The lowest BCUT2D eigenvalue weighted by Gasteiger charge is -2.35. The van der Waals surface area contributed by atoms with Crippen LogP contribution in [-0.4, -0.2) is 48.6 Å². The maximum absolute atomic E-state index is 12.2. The first-order valence-electron chi connectivity index (χ1n) is 6.32. The smallest absolute Gasteiger partial charge is 0.195 e. The summed E-state index contributed by atoms with van der Waals surface area (Å²) in [4.78, 5) is 0. The van der Waals surface area contributed by atoms with Crippen LogP contribution in [0.15, 0.2) is 0 Å². The Bertz CT molecular complexity index is 320. The minimum absolute atomic E-state index is 0.133. The quantitative estimate of drug-likeness (QED) is 0.723. The zero-order chi connectivity index (χ0) is 13.1. The zero-order valence-electron chi connectivity index (χ0n) is 10.9. The van der Waals surface area contributed by atoms with Crippen LogP contribution in [0.25, 0.3) is 0 Å². The van der Waals surface area contributed by atoms with E-state index < -0.39 is 10.2 Å². The highest BCUT2D eigenvalue weighted by molar-refractivity contribution is 7.86. The van der Waals surface area contributed by atoms with Crippen LogP contribution < -0.4 is 0 Å². The molecule has 0 N–H and O–H groups in total. The molecule has 1 rings (SSSR count). The summed E-state index contributed by atoms with van der Waals surface area (Å²) >= 11 is 6.06. The molecule has 1 unspecified atom stereocenters. The van der Waals surface area contributed by atoms with Gasteiger partial charge in [-0.25, -0.2) is 0 Å². The topological polar surface area (TPSA) is 40.6 Å². The SMILES string of the molecule is CCN(CC)S(=O)(=O)N1CCC(C(C)Cl)CC1. The van der Waals surface area contributed by atoms with Crippen LogP contribution in [0.4, 0.5) is 0 Å². The molecular formula is C11H23ClN2O2S. The van der Waals surface area contributed by atoms with Crippen LogP contribution in [0.1, 0.15) is 33.6 Å². The van der Waals surface area contributed by atoms with Crippen molar-refractivity contribution in [3.63, 3.8) is 0 Å². The van der Waals surface area contributed by atoms with Gasteiger partial charge in [0, 0.05) is 31.6 Å². The summed E-state index contributed by atoms with van der Waals surface area (Å²) in [6, 6.07) is 0. The molecule has 0 radical (unpaired) electrons. The van der Waals surface area contributed by atoms with Gasteiger partial charge in [0.25, 0.3) is 10.2 Å². The highest BCUT2D eigenvalue weighted by atomic mass is 35.5. The first-order chi connectivity index (χ1) is 7.93. The van der Waals surface area contributed by atoms with Crippen LogP contribution >= 0.6 is 11.6 Å². The van der Waals surface area contributed by atoms with E-state index >= 15 is 0 Å². The van der Waals surface area contributed by atoms with E-state index in [9.17, 15) is 8.42 Å². The second kappa shape index (κ2) is 6.36. The molecular weight excluding hydrogens is 260 g/mol. The lowest BCUT2D eigenvalue weighted by Crippen LogP contribution is -2.47. The molecule has 102 valence electrons. The molecule has 1 heterocycles. The molecule has 0 aromatic heterocycles. The fraction of sp³-hybridized carbons (Fsp3) is 1.00. The third-order valence-electron chi connectivity index (χ3n) is 3.51. The fourth-order valence-corrected chi connectivity index (χ4v) is 4.18. The Morgan fingerprint density at radius 1 is 1.29 bits per heavy atom. The lowest BCUT2D eigenvalue weighted by atomic mass is 9.95. The molecule has 1 atom stereocenters. The number of piperidine rings is 1. The molecule has 0 amide bonds. The summed E-state index contributed by atoms with van der Waals surface area (Å²) < 4.78 is 27.6. The van der Waals surface area contributed by atoms with E-state index in [1.165, 1.54) is 4.31 Å². The Morgan fingerprint density at radius 3 is 2.12 bits per heavy atom. The molecule has 4 nitrogen and oxygen atoms in total. The summed E-state index contributed by atoms with van der Waals surface area (Å²) in [6.45, 7) is 7.99. The minimum Gasteiger partial charge on any atom is -0.195 e. The molecule has 0 spiro atoms. The molecule has 0 saturated carbocycles. The molecule has 0 bridgehead atoms. The Kier molecular flexibility index (Phi) is 5.70. The molecule has 1 aliphatic heterocycles. The Labute approximate surface area is 110 Å². The average Bonchev–Trinajstić information content (AvgIpc) is 2.30. The summed E-state index contributed by atoms with van der Waals surface area (Å²) in [7, 11) is -3.25. The predicted molar refractivity (Wildman–Crippen MR) is 71.5 cm³/mol. The van der Waals surface area contributed by atoms with Gasteiger partial charge >= 0.3 is 0 Å². The second-order valence-electron chi connectivity index (χ2n) is 4.51. The van der Waals surface area contributed by atoms with Gasteiger partial charge in [0.15, 0.2) is 0 Å². The number of nitrogens with zero attached hydrogens (tertiary/aromatic N) is 2. The van der Waals surface area contributed by atoms with Gasteiger partial charge in [-0.05, 0) is 25.7 Å². The monoisotopic (exact) mass is 282 g/mol. The fourth-order valence-electron chi connectivity index (χ4n) is 2.28. The highest BCUT2D eigenvalue weighted by Gasteiger charge is 2.32. The third kappa shape index (κ3) is 3.56. The normalized spacial score (nSPS) is 21.9. The van der Waals surface area contributed by atoms with E-state index in [1.807, 2.05) is 20.8 Å². The van der Waals surface area contributed by atoms with Gasteiger partial charge < -0.3 is 0 Å². The zero-order valence-corrected chi connectivity index (χ0v) is 12.5. The second-order valence-corrected chi connectivity index (χ2v) is 7.12. The number of hydrogen-bond acceptors (Lipinski definition) is 2. The van der Waals surface area contributed by atoms with E-state index in [0.717, 1.165) is 12.8 Å². The van der Waals surface area contributed by atoms with Crippen molar-refractivity contribution in [1.29, 1.82) is 0 Å². The summed E-state index contributed by atoms with van der Waals surface area (Å²) in [5.41, 5.74) is 0. The summed E-state index contributed by atoms with van der Waals surface area (Å²) in [6.07, 6.45) is 1.73. The van der Waals surface area contributed by atoms with Gasteiger partial charge in [0.1, 0.15) is 0 Å². The van der Waals surface area contributed by atoms with E-state index in [1.54, 1.807) is 4.31 Å². The van der Waals surface area contributed by atoms with Crippen molar-refractivity contribution in [3.05, 3.63) is 0 Å². The van der Waals surface area contributed by atoms with E-state index in [4.69, 9.17) is 11.6 Å². The number of halogens is 1. The third-order valence-corrected chi connectivity index (χ3v) is 6.05. The Morgan fingerprint density at radius 2 is 1.76 bits per heavy atom. The van der Waals surface area contributed by atoms with Crippen molar-refractivity contribution >= 4 is 21.8 Å². The molecule has 1 aliphatic rings.